The van der Waals surface area contributed by atoms with Gasteiger partial charge in [0, 0.05) is 10.9 Å². The summed E-state index contributed by atoms with van der Waals surface area (Å²) in [5, 5.41) is 28.1. The van der Waals surface area contributed by atoms with Gasteiger partial charge in [0.2, 0.25) is 0 Å². The second-order valence-electron chi connectivity index (χ2n) is 2.74. The highest BCUT2D eigenvalue weighted by atomic mass is 32.1. The zero-order valence-electron chi connectivity index (χ0n) is 7.36. The molecule has 82 valence electrons. The first-order valence-electron chi connectivity index (χ1n) is 3.84. The van der Waals surface area contributed by atoms with Crippen molar-refractivity contribution in [3.8, 4) is 0 Å². The lowest BCUT2D eigenvalue weighted by Crippen LogP contribution is -2.36. The molecule has 1 aromatic heterocycles. The number of rotatable bonds is 4. The van der Waals surface area contributed by atoms with Gasteiger partial charge in [-0.15, -0.1) is 0 Å². The normalized spacial score (nSPS) is 14.5. The zero-order chi connectivity index (χ0) is 11.6. The lowest BCUT2D eigenvalue weighted by molar-refractivity contribution is -0.380. The zero-order valence-corrected chi connectivity index (χ0v) is 8.18. The molecule has 0 aliphatic carbocycles. The van der Waals surface area contributed by atoms with Gasteiger partial charge in [0.05, 0.1) is 4.92 Å². The minimum atomic E-state index is -1.48. The van der Waals surface area contributed by atoms with Gasteiger partial charge in [-0.3, -0.25) is 14.9 Å². The maximum absolute atomic E-state index is 10.4. The number of aliphatic hydroxyl groups is 1. The first-order chi connectivity index (χ1) is 6.93. The average Bonchev–Trinajstić information content (AvgIpc) is 2.64. The topological polar surface area (TPSA) is 127 Å². The smallest absolute Gasteiger partial charge is 0.324 e. The quantitative estimate of drug-likeness (QED) is 0.499. The van der Waals surface area contributed by atoms with Crippen molar-refractivity contribution >= 4 is 22.3 Å². The maximum Gasteiger partial charge on any atom is 0.324 e. The summed E-state index contributed by atoms with van der Waals surface area (Å²) in [6.45, 7) is 0. The Bertz CT molecular complexity index is 390. The van der Waals surface area contributed by atoms with Crippen molar-refractivity contribution in [1.29, 1.82) is 0 Å². The molecule has 0 spiro atoms. The molecular weight excluding hydrogens is 224 g/mol. The summed E-state index contributed by atoms with van der Waals surface area (Å²) < 4.78 is 0. The number of nitro groups is 1. The molecule has 0 aliphatic rings. The number of thiophene rings is 1. The summed E-state index contributed by atoms with van der Waals surface area (Å²) in [5.74, 6) is -1.36. The second-order valence-corrected chi connectivity index (χ2v) is 3.84. The highest BCUT2D eigenvalue weighted by molar-refractivity contribution is 7.15. The van der Waals surface area contributed by atoms with E-state index in [4.69, 9.17) is 10.8 Å². The fourth-order valence-electron chi connectivity index (χ4n) is 0.911. The van der Waals surface area contributed by atoms with Crippen LogP contribution in [0.3, 0.4) is 0 Å². The van der Waals surface area contributed by atoms with Crippen LogP contribution in [0.4, 0.5) is 5.00 Å². The summed E-state index contributed by atoms with van der Waals surface area (Å²) >= 11 is 0.702. The molecule has 0 amide bonds. The molecule has 8 heteroatoms. The Labute approximate surface area is 87.9 Å². The second kappa shape index (κ2) is 4.34. The SMILES string of the molecule is NC(C(=O)O)C(O)c1ccc([N+](=O)[O-])s1. The van der Waals surface area contributed by atoms with Crippen LogP contribution in [-0.2, 0) is 4.79 Å². The van der Waals surface area contributed by atoms with Crippen LogP contribution in [0.15, 0.2) is 12.1 Å². The van der Waals surface area contributed by atoms with Gasteiger partial charge in [-0.25, -0.2) is 0 Å². The number of carbonyl (C=O) groups is 1. The van der Waals surface area contributed by atoms with Crippen molar-refractivity contribution in [2.24, 2.45) is 5.73 Å². The maximum atomic E-state index is 10.4. The monoisotopic (exact) mass is 232 g/mol. The minimum Gasteiger partial charge on any atom is -0.480 e. The van der Waals surface area contributed by atoms with Crippen LogP contribution in [-0.4, -0.2) is 27.1 Å². The van der Waals surface area contributed by atoms with E-state index in [9.17, 15) is 20.0 Å². The summed E-state index contributed by atoms with van der Waals surface area (Å²) in [4.78, 5) is 20.3. The Morgan fingerprint density at radius 1 is 1.60 bits per heavy atom. The number of aliphatic hydroxyl groups excluding tert-OH is 1. The van der Waals surface area contributed by atoms with Crippen molar-refractivity contribution in [2.75, 3.05) is 0 Å². The third-order valence-corrected chi connectivity index (χ3v) is 2.82. The Hall–Kier alpha value is -1.51. The number of aliphatic carboxylic acids is 1. The van der Waals surface area contributed by atoms with Crippen LogP contribution >= 0.6 is 11.3 Å². The van der Waals surface area contributed by atoms with Gasteiger partial charge >= 0.3 is 11.0 Å². The van der Waals surface area contributed by atoms with E-state index >= 15 is 0 Å². The molecule has 0 aromatic carbocycles. The van der Waals surface area contributed by atoms with Crippen LogP contribution < -0.4 is 5.73 Å². The molecule has 0 saturated heterocycles. The van der Waals surface area contributed by atoms with E-state index in [-0.39, 0.29) is 9.88 Å². The van der Waals surface area contributed by atoms with E-state index in [1.54, 1.807) is 0 Å². The summed E-state index contributed by atoms with van der Waals surface area (Å²) in [6, 6.07) is 0.997. The minimum absolute atomic E-state index is 0.164. The van der Waals surface area contributed by atoms with Crippen molar-refractivity contribution in [1.82, 2.24) is 0 Å². The first kappa shape index (κ1) is 11.6. The molecular formula is C7H8N2O5S. The van der Waals surface area contributed by atoms with Gasteiger partial charge in [0.15, 0.2) is 0 Å². The fourth-order valence-corrected chi connectivity index (χ4v) is 1.77. The molecule has 1 aromatic rings. The molecule has 0 saturated carbocycles. The third kappa shape index (κ3) is 2.49. The predicted molar refractivity (Wildman–Crippen MR) is 51.5 cm³/mol. The van der Waals surface area contributed by atoms with Gasteiger partial charge in [0.25, 0.3) is 0 Å². The highest BCUT2D eigenvalue weighted by Crippen LogP contribution is 2.29. The molecule has 0 radical (unpaired) electrons. The van der Waals surface area contributed by atoms with E-state index in [1.165, 1.54) is 12.1 Å². The molecule has 15 heavy (non-hydrogen) atoms. The standard InChI is InChI=1S/C7H8N2O5S/c8-5(7(11)12)6(10)3-1-2-4(15-3)9(13)14/h1-2,5-6,10H,8H2,(H,11,12). The number of nitrogens with two attached hydrogens (primary N) is 1. The summed E-state index contributed by atoms with van der Waals surface area (Å²) in [6.07, 6.45) is -1.43. The van der Waals surface area contributed by atoms with Gasteiger partial charge in [-0.2, -0.15) is 0 Å². The lowest BCUT2D eigenvalue weighted by Gasteiger charge is -2.11. The molecule has 2 unspecified atom stereocenters. The molecule has 0 aliphatic heterocycles. The third-order valence-electron chi connectivity index (χ3n) is 1.71. The van der Waals surface area contributed by atoms with Crippen molar-refractivity contribution in [3.05, 3.63) is 27.1 Å². The summed E-state index contributed by atoms with van der Waals surface area (Å²) in [7, 11) is 0. The Morgan fingerprint density at radius 2 is 2.20 bits per heavy atom. The van der Waals surface area contributed by atoms with E-state index < -0.39 is 23.0 Å². The number of carboxylic acids is 1. The largest absolute Gasteiger partial charge is 0.480 e. The van der Waals surface area contributed by atoms with Crippen molar-refractivity contribution in [3.63, 3.8) is 0 Å². The highest BCUT2D eigenvalue weighted by Gasteiger charge is 2.26. The molecule has 0 fully saturated rings. The lowest BCUT2D eigenvalue weighted by atomic mass is 10.1. The van der Waals surface area contributed by atoms with Crippen molar-refractivity contribution < 1.29 is 19.9 Å². The Morgan fingerprint density at radius 3 is 2.60 bits per heavy atom. The van der Waals surface area contributed by atoms with Crippen LogP contribution in [0.1, 0.15) is 11.0 Å². The van der Waals surface area contributed by atoms with Crippen LogP contribution in [0.2, 0.25) is 0 Å². The van der Waals surface area contributed by atoms with Crippen LogP contribution in [0, 0.1) is 10.1 Å². The van der Waals surface area contributed by atoms with E-state index in [0.29, 0.717) is 11.3 Å². The van der Waals surface area contributed by atoms with Crippen molar-refractivity contribution in [2.45, 2.75) is 12.1 Å². The van der Waals surface area contributed by atoms with E-state index in [2.05, 4.69) is 0 Å². The van der Waals surface area contributed by atoms with Crippen LogP contribution in [0.5, 0.6) is 0 Å². The van der Waals surface area contributed by atoms with E-state index in [1.807, 2.05) is 0 Å². The molecule has 1 heterocycles. The van der Waals surface area contributed by atoms with Gasteiger partial charge < -0.3 is 15.9 Å². The molecule has 7 nitrogen and oxygen atoms in total. The fraction of sp³-hybridized carbons (Fsp3) is 0.286. The number of carboxylic acid groups (broad SMARTS) is 1. The molecule has 0 bridgehead atoms. The van der Waals surface area contributed by atoms with Gasteiger partial charge in [-0.1, -0.05) is 11.3 Å². The number of nitrogens with zero attached hydrogens (tertiary/aromatic N) is 1. The van der Waals surface area contributed by atoms with Crippen LogP contribution in [0.25, 0.3) is 0 Å². The Balaban J connectivity index is 2.87. The number of hydrogen-bond donors (Lipinski definition) is 3. The molecule has 2 atom stereocenters. The number of hydrogen-bond acceptors (Lipinski definition) is 6. The first-order valence-corrected chi connectivity index (χ1v) is 4.65. The Kier molecular flexibility index (Phi) is 3.35. The van der Waals surface area contributed by atoms with Gasteiger partial charge in [0.1, 0.15) is 12.1 Å². The molecule has 1 rings (SSSR count). The van der Waals surface area contributed by atoms with Gasteiger partial charge in [-0.05, 0) is 6.07 Å². The predicted octanol–water partition coefficient (Wildman–Crippen LogP) is 0.102. The molecule has 4 N–H and O–H groups in total. The summed E-state index contributed by atoms with van der Waals surface area (Å²) in [5.41, 5.74) is 5.16. The van der Waals surface area contributed by atoms with E-state index in [0.717, 1.165) is 0 Å². The average molecular weight is 232 g/mol.